The number of aliphatic hydroxyl groups is 1. The molecule has 288 valence electrons. The number of carbonyl (C=O) groups is 4. The molecule has 4 amide bonds. The lowest BCUT2D eigenvalue weighted by Crippen LogP contribution is -2.57. The van der Waals surface area contributed by atoms with Crippen LogP contribution in [0.25, 0.3) is 15.8 Å². The van der Waals surface area contributed by atoms with E-state index < -0.39 is 47.6 Å². The number of benzene rings is 2. The van der Waals surface area contributed by atoms with E-state index >= 15 is 0 Å². The number of fused-ring (bicyclic) bond motifs is 1. The fourth-order valence-electron chi connectivity index (χ4n) is 8.14. The number of carbonyl (C=O) groups excluding carboxylic acids is 4. The van der Waals surface area contributed by atoms with Crippen LogP contribution < -0.4 is 21.4 Å². The number of aliphatic hydroxyl groups excluding tert-OH is 1. The summed E-state index contributed by atoms with van der Waals surface area (Å²) in [5.74, 6) is -1.32. The van der Waals surface area contributed by atoms with E-state index in [-0.39, 0.29) is 37.3 Å². The summed E-state index contributed by atoms with van der Waals surface area (Å²) in [6.07, 6.45) is 9.20. The number of rotatable bonds is 14. The summed E-state index contributed by atoms with van der Waals surface area (Å²) >= 11 is 7.89. The van der Waals surface area contributed by atoms with Crippen LogP contribution in [0.5, 0.6) is 0 Å². The average Bonchev–Trinajstić information content (AvgIpc) is 3.56. The molecule has 4 aliphatic rings. The summed E-state index contributed by atoms with van der Waals surface area (Å²) in [4.78, 5) is 63.7. The van der Waals surface area contributed by atoms with Crippen LogP contribution >= 0.6 is 22.9 Å². The Morgan fingerprint density at radius 3 is 2.61 bits per heavy atom. The molecule has 1 saturated heterocycles. The molecule has 1 spiro atoms. The van der Waals surface area contributed by atoms with Gasteiger partial charge in [-0.05, 0) is 78.6 Å². The molecular weight excluding hydrogens is 726 g/mol. The first-order valence-corrected chi connectivity index (χ1v) is 20.6. The molecule has 0 bridgehead atoms. The highest BCUT2D eigenvalue weighted by atomic mass is 35.5. The molecule has 2 aliphatic carbocycles. The molecule has 2 aliphatic heterocycles. The highest BCUT2D eigenvalue weighted by molar-refractivity contribution is 7.17. The molecule has 2 aromatic carbocycles. The maximum Gasteiger partial charge on any atom is 0.251 e. The predicted molar refractivity (Wildman–Crippen MR) is 209 cm³/mol. The lowest BCUT2D eigenvalue weighted by molar-refractivity contribution is -0.142. The van der Waals surface area contributed by atoms with Crippen molar-refractivity contribution in [1.29, 1.82) is 0 Å². The van der Waals surface area contributed by atoms with Gasteiger partial charge in [-0.15, -0.1) is 11.3 Å². The van der Waals surface area contributed by atoms with Crippen molar-refractivity contribution in [1.82, 2.24) is 26.3 Å². The third-order valence-electron chi connectivity index (χ3n) is 11.2. The summed E-state index contributed by atoms with van der Waals surface area (Å²) in [6, 6.07) is 12.5. The number of hydroxylamine groups is 1. The Labute approximate surface area is 325 Å². The standard InChI is InChI=1S/C41H50ClN5O6S/c1-2-9-31(37(49)39(51)43-29-16-17-29)45-38(50)34-22-41(21-33(46-53-41)26-12-8-13-28(42)19-26)24-47(34)40(52)32(44-36(48)18-25-10-4-3-5-11-25)20-27-23-54-35-15-7-6-14-30(27)35/h6-8,12-15,19,21,23,25,29,31-32,34,37,46,49H,2-5,9-11,16-18,20,22,24H2,1H3,(H,43,51)(H,44,48)(H,45,50)/t31-,32+,34?,37?,41?/m1/s1. The third-order valence-corrected chi connectivity index (χ3v) is 12.4. The van der Waals surface area contributed by atoms with Gasteiger partial charge in [0.25, 0.3) is 5.91 Å². The van der Waals surface area contributed by atoms with Crippen LogP contribution in [0.3, 0.4) is 0 Å². The van der Waals surface area contributed by atoms with Gasteiger partial charge in [0.1, 0.15) is 17.7 Å². The Balaban J connectivity index is 1.19. The summed E-state index contributed by atoms with van der Waals surface area (Å²) in [6.45, 7) is 1.95. The zero-order chi connectivity index (χ0) is 37.8. The lowest BCUT2D eigenvalue weighted by Gasteiger charge is -2.31. The second-order valence-electron chi connectivity index (χ2n) is 15.4. The molecule has 54 heavy (non-hydrogen) atoms. The molecule has 3 aromatic rings. The van der Waals surface area contributed by atoms with E-state index in [1.807, 2.05) is 54.8 Å². The highest BCUT2D eigenvalue weighted by Crippen LogP contribution is 2.39. The van der Waals surface area contributed by atoms with Crippen LogP contribution in [0.4, 0.5) is 0 Å². The maximum absolute atomic E-state index is 15.0. The Morgan fingerprint density at radius 2 is 1.85 bits per heavy atom. The SMILES string of the molecule is CCC[C@@H](NC(=O)C1CC2(C=C(c3cccc(Cl)c3)NO2)CN1C(=O)[C@H](Cc1csc2ccccc12)NC(=O)CC1CCCCC1)C(O)C(=O)NC1CC1. The van der Waals surface area contributed by atoms with Gasteiger partial charge in [0.15, 0.2) is 6.10 Å². The molecule has 0 radical (unpaired) electrons. The van der Waals surface area contributed by atoms with E-state index in [1.165, 1.54) is 11.3 Å². The second kappa shape index (κ2) is 16.8. The summed E-state index contributed by atoms with van der Waals surface area (Å²) in [7, 11) is 0. The number of hydrogen-bond donors (Lipinski definition) is 5. The van der Waals surface area contributed by atoms with Crippen molar-refractivity contribution in [2.24, 2.45) is 5.92 Å². The van der Waals surface area contributed by atoms with E-state index in [0.717, 1.165) is 59.7 Å². The van der Waals surface area contributed by atoms with Gasteiger partial charge < -0.3 is 26.0 Å². The topological polar surface area (TPSA) is 149 Å². The lowest BCUT2D eigenvalue weighted by atomic mass is 9.86. The minimum atomic E-state index is -1.45. The van der Waals surface area contributed by atoms with Crippen molar-refractivity contribution >= 4 is 62.3 Å². The van der Waals surface area contributed by atoms with Gasteiger partial charge in [-0.3, -0.25) is 29.5 Å². The van der Waals surface area contributed by atoms with Crippen LogP contribution in [-0.2, 0) is 30.4 Å². The first-order chi connectivity index (χ1) is 26.1. The highest BCUT2D eigenvalue weighted by Gasteiger charge is 2.53. The van der Waals surface area contributed by atoms with Gasteiger partial charge in [0.2, 0.25) is 17.7 Å². The smallest absolute Gasteiger partial charge is 0.251 e. The molecular formula is C41H50ClN5O6S. The molecule has 3 unspecified atom stereocenters. The molecule has 3 fully saturated rings. The largest absolute Gasteiger partial charge is 0.381 e. The zero-order valence-electron chi connectivity index (χ0n) is 30.7. The molecule has 3 heterocycles. The first kappa shape index (κ1) is 38.3. The van der Waals surface area contributed by atoms with E-state index in [4.69, 9.17) is 16.4 Å². The van der Waals surface area contributed by atoms with Crippen LogP contribution in [0, 0.1) is 5.92 Å². The minimum absolute atomic E-state index is 0.0313. The van der Waals surface area contributed by atoms with Gasteiger partial charge in [-0.1, -0.05) is 74.5 Å². The van der Waals surface area contributed by atoms with Gasteiger partial charge >= 0.3 is 0 Å². The number of nitrogens with one attached hydrogen (secondary N) is 4. The number of thiophene rings is 1. The maximum atomic E-state index is 15.0. The first-order valence-electron chi connectivity index (χ1n) is 19.4. The molecule has 1 aromatic heterocycles. The predicted octanol–water partition coefficient (Wildman–Crippen LogP) is 5.39. The van der Waals surface area contributed by atoms with Crippen molar-refractivity contribution in [3.63, 3.8) is 0 Å². The quantitative estimate of drug-likeness (QED) is 0.148. The van der Waals surface area contributed by atoms with Crippen molar-refractivity contribution < 1.29 is 29.1 Å². The van der Waals surface area contributed by atoms with Crippen LogP contribution in [-0.4, -0.2) is 76.1 Å². The van der Waals surface area contributed by atoms with Crippen molar-refractivity contribution in [3.05, 3.63) is 76.1 Å². The van der Waals surface area contributed by atoms with E-state index in [2.05, 4.69) is 21.4 Å². The number of amides is 4. The fourth-order valence-corrected chi connectivity index (χ4v) is 9.30. The van der Waals surface area contributed by atoms with Crippen LogP contribution in [0.2, 0.25) is 5.02 Å². The van der Waals surface area contributed by atoms with Crippen molar-refractivity contribution in [2.75, 3.05) is 6.54 Å². The minimum Gasteiger partial charge on any atom is -0.381 e. The summed E-state index contributed by atoms with van der Waals surface area (Å²) < 4.78 is 1.08. The Morgan fingerprint density at radius 1 is 1.06 bits per heavy atom. The van der Waals surface area contributed by atoms with Crippen molar-refractivity contribution in [2.45, 2.75) is 120 Å². The second-order valence-corrected chi connectivity index (χ2v) is 16.8. The van der Waals surface area contributed by atoms with E-state index in [1.54, 1.807) is 23.5 Å². The van der Waals surface area contributed by atoms with Crippen LogP contribution in [0.1, 0.15) is 88.7 Å². The average molecular weight is 776 g/mol. The van der Waals surface area contributed by atoms with Gasteiger partial charge in [0, 0.05) is 40.6 Å². The third kappa shape index (κ3) is 8.94. The Kier molecular flexibility index (Phi) is 11.9. The number of likely N-dealkylation sites (tertiary alicyclic amines) is 1. The summed E-state index contributed by atoms with van der Waals surface area (Å²) in [5, 5.41) is 23.6. The molecule has 7 rings (SSSR count). The monoisotopic (exact) mass is 775 g/mol. The van der Waals surface area contributed by atoms with Crippen molar-refractivity contribution in [3.8, 4) is 0 Å². The molecule has 13 heteroatoms. The Hall–Kier alpha value is -3.97. The molecule has 5 N–H and O–H groups in total. The van der Waals surface area contributed by atoms with Gasteiger partial charge in [-0.25, -0.2) is 0 Å². The molecule has 11 nitrogen and oxygen atoms in total. The van der Waals surface area contributed by atoms with Crippen LogP contribution in [0.15, 0.2) is 60.0 Å². The summed E-state index contributed by atoms with van der Waals surface area (Å²) in [5.41, 5.74) is 4.31. The molecule has 5 atom stereocenters. The van der Waals surface area contributed by atoms with Gasteiger partial charge in [-0.2, -0.15) is 0 Å². The fraction of sp³-hybridized carbons (Fsp3) is 0.512. The Bertz CT molecular complexity index is 1890. The normalized spacial score (nSPS) is 23.1. The molecule has 2 saturated carbocycles. The number of hydrogen-bond acceptors (Lipinski definition) is 8. The van der Waals surface area contributed by atoms with E-state index in [0.29, 0.717) is 30.0 Å². The van der Waals surface area contributed by atoms with Gasteiger partial charge in [0.05, 0.1) is 18.3 Å². The number of halogens is 1. The van der Waals surface area contributed by atoms with E-state index in [9.17, 15) is 24.3 Å². The number of nitrogens with zero attached hydrogens (tertiary/aromatic N) is 1. The zero-order valence-corrected chi connectivity index (χ0v) is 32.2.